The van der Waals surface area contributed by atoms with Gasteiger partial charge in [-0.1, -0.05) is 24.3 Å². The fourth-order valence-corrected chi connectivity index (χ4v) is 10.4. The molecular formula is C41H44F2N4O7S2. The zero-order valence-electron chi connectivity index (χ0n) is 30.9. The summed E-state index contributed by atoms with van der Waals surface area (Å²) in [6.45, 7) is 2.24. The molecule has 4 aromatic rings. The maximum atomic E-state index is 15.3. The monoisotopic (exact) mass is 806 g/mol. The van der Waals surface area contributed by atoms with Crippen LogP contribution in [0.4, 0.5) is 19.5 Å². The molecule has 296 valence electrons. The number of carboxylic acids is 1. The zero-order chi connectivity index (χ0) is 39.5. The second-order valence-corrected chi connectivity index (χ2v) is 16.9. The zero-order valence-corrected chi connectivity index (χ0v) is 32.5. The maximum Gasteiger partial charge on any atom is 0.335 e. The van der Waals surface area contributed by atoms with Gasteiger partial charge in [-0.3, -0.25) is 19.4 Å². The molecule has 3 heterocycles. The third-order valence-electron chi connectivity index (χ3n) is 11.0. The van der Waals surface area contributed by atoms with Crippen molar-refractivity contribution in [1.82, 2.24) is 9.80 Å². The molecule has 1 aromatic heterocycles. The number of anilines is 2. The minimum atomic E-state index is -2.03. The molecule has 2 fully saturated rings. The summed E-state index contributed by atoms with van der Waals surface area (Å²) >= 11 is -0.677. The molecule has 0 saturated carbocycles. The van der Waals surface area contributed by atoms with E-state index in [9.17, 15) is 23.1 Å². The van der Waals surface area contributed by atoms with Crippen LogP contribution in [0.1, 0.15) is 83.9 Å². The Balaban J connectivity index is 1.03. The van der Waals surface area contributed by atoms with E-state index in [1.54, 1.807) is 18.2 Å². The molecule has 7 rings (SSSR count). The highest BCUT2D eigenvalue weighted by Crippen LogP contribution is 2.39. The van der Waals surface area contributed by atoms with Gasteiger partial charge in [-0.15, -0.1) is 11.3 Å². The summed E-state index contributed by atoms with van der Waals surface area (Å²) in [5, 5.41) is 14.6. The van der Waals surface area contributed by atoms with Crippen molar-refractivity contribution in [2.75, 3.05) is 37.4 Å². The summed E-state index contributed by atoms with van der Waals surface area (Å²) in [6, 6.07) is 15.9. The minimum absolute atomic E-state index is 0.0362. The predicted octanol–water partition coefficient (Wildman–Crippen LogP) is 6.74. The van der Waals surface area contributed by atoms with Crippen molar-refractivity contribution in [3.63, 3.8) is 0 Å². The average molecular weight is 807 g/mol. The van der Waals surface area contributed by atoms with Gasteiger partial charge in [0.1, 0.15) is 22.0 Å². The second kappa shape index (κ2) is 17.4. The fourth-order valence-electron chi connectivity index (χ4n) is 8.34. The fraction of sp³-hybridized carbons (Fsp3) is 0.390. The molecule has 15 heteroatoms. The first kappa shape index (κ1) is 39.8. The van der Waals surface area contributed by atoms with Gasteiger partial charge in [0, 0.05) is 60.5 Å². The smallest absolute Gasteiger partial charge is 0.335 e. The number of fused-ring (bicyclic) bond motifs is 3. The van der Waals surface area contributed by atoms with E-state index >= 15 is 8.78 Å². The third kappa shape index (κ3) is 8.77. The Kier molecular flexibility index (Phi) is 12.4. The van der Waals surface area contributed by atoms with Gasteiger partial charge < -0.3 is 25.0 Å². The number of ether oxygens (including phenoxy) is 1. The summed E-state index contributed by atoms with van der Waals surface area (Å²) in [6.07, 6.45) is 5.42. The number of benzene rings is 3. The normalized spacial score (nSPS) is 19.3. The first-order valence-corrected chi connectivity index (χ1v) is 20.7. The summed E-state index contributed by atoms with van der Waals surface area (Å²) in [5.41, 5.74) is 3.16. The van der Waals surface area contributed by atoms with Gasteiger partial charge in [-0.05, 0) is 104 Å². The summed E-state index contributed by atoms with van der Waals surface area (Å²) < 4.78 is 57.8. The van der Waals surface area contributed by atoms with Crippen LogP contribution in [-0.4, -0.2) is 85.7 Å². The molecule has 4 N–H and O–H groups in total. The van der Waals surface area contributed by atoms with Crippen molar-refractivity contribution in [1.29, 1.82) is 0 Å². The number of aromatic carboxylic acids is 1. The summed E-state index contributed by atoms with van der Waals surface area (Å²) in [5.74, 6) is -3.62. The molecular weight excluding hydrogens is 763 g/mol. The van der Waals surface area contributed by atoms with E-state index in [2.05, 4.69) is 20.4 Å². The molecule has 0 spiro atoms. The average Bonchev–Trinajstić information content (AvgIpc) is 3.66. The predicted molar refractivity (Wildman–Crippen MR) is 211 cm³/mol. The molecule has 2 saturated heterocycles. The number of carbonyl (C=O) groups is 3. The van der Waals surface area contributed by atoms with Crippen molar-refractivity contribution in [2.45, 2.75) is 75.4 Å². The lowest BCUT2D eigenvalue weighted by Gasteiger charge is -2.43. The highest BCUT2D eigenvalue weighted by molar-refractivity contribution is 7.79. The third-order valence-corrected chi connectivity index (χ3v) is 13.0. The van der Waals surface area contributed by atoms with E-state index in [1.165, 1.54) is 30.6 Å². The van der Waals surface area contributed by atoms with Gasteiger partial charge in [0.05, 0.1) is 17.7 Å². The molecule has 56 heavy (non-hydrogen) atoms. The molecule has 11 nitrogen and oxygen atoms in total. The lowest BCUT2D eigenvalue weighted by molar-refractivity contribution is 0.0264. The number of carboxylic acid groups (broad SMARTS) is 1. The Morgan fingerprint density at radius 2 is 1.61 bits per heavy atom. The van der Waals surface area contributed by atoms with E-state index in [0.717, 1.165) is 78.9 Å². The molecule has 0 radical (unpaired) electrons. The maximum absolute atomic E-state index is 15.3. The topological polar surface area (TPSA) is 149 Å². The van der Waals surface area contributed by atoms with Gasteiger partial charge in [0.25, 0.3) is 11.8 Å². The van der Waals surface area contributed by atoms with Crippen LogP contribution in [-0.2, 0) is 48.0 Å². The van der Waals surface area contributed by atoms with Gasteiger partial charge >= 0.3 is 5.97 Å². The summed E-state index contributed by atoms with van der Waals surface area (Å²) in [4.78, 5) is 44.2. The summed E-state index contributed by atoms with van der Waals surface area (Å²) in [7, 11) is 1.53. The van der Waals surface area contributed by atoms with Crippen LogP contribution in [0.25, 0.3) is 0 Å². The van der Waals surface area contributed by atoms with Gasteiger partial charge in [-0.2, -0.15) is 0 Å². The second-order valence-electron chi connectivity index (χ2n) is 14.7. The van der Waals surface area contributed by atoms with Crippen molar-refractivity contribution >= 4 is 50.9 Å². The Bertz CT molecular complexity index is 2110. The Morgan fingerprint density at radius 3 is 2.27 bits per heavy atom. The minimum Gasteiger partial charge on any atom is -0.478 e. The molecule has 3 aliphatic rings. The quantitative estimate of drug-likeness (QED) is 0.102. The van der Waals surface area contributed by atoms with Crippen LogP contribution in [0.15, 0.2) is 60.7 Å². The van der Waals surface area contributed by atoms with E-state index in [0.29, 0.717) is 29.1 Å². The van der Waals surface area contributed by atoms with E-state index in [4.69, 9.17) is 9.84 Å². The van der Waals surface area contributed by atoms with Gasteiger partial charge in [0.2, 0.25) is 0 Å². The number of nitrogens with zero attached hydrogens (tertiary/aromatic N) is 2. The molecule has 1 aliphatic carbocycles. The number of amides is 2. The lowest BCUT2D eigenvalue weighted by atomic mass is 9.95. The van der Waals surface area contributed by atoms with E-state index in [-0.39, 0.29) is 54.3 Å². The van der Waals surface area contributed by atoms with Crippen LogP contribution < -0.4 is 10.6 Å². The number of hydrogen-bond donors (Lipinski definition) is 4. The number of aryl methyl sites for hydroxylation is 2. The Morgan fingerprint density at radius 1 is 0.911 bits per heavy atom. The van der Waals surface area contributed by atoms with Crippen molar-refractivity contribution < 1.29 is 41.8 Å². The number of halogens is 2. The van der Waals surface area contributed by atoms with E-state index < -0.39 is 40.0 Å². The molecule has 4 atom stereocenters. The van der Waals surface area contributed by atoms with Crippen LogP contribution in [0.5, 0.6) is 0 Å². The van der Waals surface area contributed by atoms with Crippen LogP contribution in [0.3, 0.4) is 0 Å². The number of nitrogens with one attached hydrogen (secondary N) is 2. The SMILES string of the molecule is COCC(N1C2CCC1CN(Cc1cccc(C(=O)Nc3sc4c(c3C(=O)Nc3cc(F)c(CCc5ccc(C(=O)O)cc5)c(F)c3)CCCC4)c1)C2)S(=O)O. The Labute approximate surface area is 330 Å². The molecule has 3 aromatic carbocycles. The number of rotatable bonds is 14. The van der Waals surface area contributed by atoms with Gasteiger partial charge in [-0.25, -0.2) is 17.8 Å². The number of methoxy groups -OCH3 is 1. The number of piperazine rings is 1. The van der Waals surface area contributed by atoms with Crippen molar-refractivity contribution in [3.05, 3.63) is 116 Å². The number of carbonyl (C=O) groups excluding carboxylic acids is 2. The number of thiophene rings is 1. The molecule has 2 aliphatic heterocycles. The van der Waals surface area contributed by atoms with E-state index in [1.807, 2.05) is 18.2 Å². The van der Waals surface area contributed by atoms with Gasteiger partial charge in [0.15, 0.2) is 11.1 Å². The first-order chi connectivity index (χ1) is 27.0. The van der Waals surface area contributed by atoms with Crippen molar-refractivity contribution in [3.8, 4) is 0 Å². The number of hydrogen-bond acceptors (Lipinski definition) is 8. The molecule has 4 unspecified atom stereocenters. The van der Waals surface area contributed by atoms with Crippen molar-refractivity contribution in [2.24, 2.45) is 0 Å². The molecule has 2 bridgehead atoms. The molecule has 2 amide bonds. The van der Waals surface area contributed by atoms with Crippen LogP contribution in [0.2, 0.25) is 0 Å². The lowest BCUT2D eigenvalue weighted by Crippen LogP contribution is -2.58. The standard InChI is InChI=1S/C41H44F2N4O7S2/c1-54-23-36(56(52)53)47-29-14-15-30(47)22-46(21-29)20-25-5-4-6-27(17-25)38(48)45-40-37(32-7-2-3-8-35(32)55-40)39(49)44-28-18-33(42)31(34(43)19-28)16-11-24-9-12-26(13-10-24)41(50)51/h4-6,9-10,12-13,17-19,29-30,36H,2-3,7-8,11,14-16,20-23H2,1H3,(H,44,49)(H,45,48)(H,50,51)(H,52,53). The highest BCUT2D eigenvalue weighted by atomic mass is 32.2. The first-order valence-electron chi connectivity index (χ1n) is 18.7. The van der Waals surface area contributed by atoms with Crippen LogP contribution in [0, 0.1) is 11.6 Å². The van der Waals surface area contributed by atoms with Crippen LogP contribution >= 0.6 is 11.3 Å². The highest BCUT2D eigenvalue weighted by Gasteiger charge is 2.45. The largest absolute Gasteiger partial charge is 0.478 e. The number of likely N-dealkylation sites (tertiary alicyclic amines) is 1. The Hall–Kier alpha value is -4.38.